The molecule has 0 radical (unpaired) electrons. The first kappa shape index (κ1) is 18.1. The average Bonchev–Trinajstić information content (AvgIpc) is 3.24. The van der Waals surface area contributed by atoms with Crippen LogP contribution in [0, 0.1) is 0 Å². The summed E-state index contributed by atoms with van der Waals surface area (Å²) in [5, 5.41) is 16.9. The lowest BCUT2D eigenvalue weighted by Crippen LogP contribution is -2.21. The molecule has 0 spiro atoms. The van der Waals surface area contributed by atoms with Gasteiger partial charge in [-0.1, -0.05) is 6.07 Å². The number of aromatic amines is 1. The summed E-state index contributed by atoms with van der Waals surface area (Å²) in [6.45, 7) is 1.46. The number of aromatic nitrogens is 4. The number of rotatable bonds is 7. The Bertz CT molecular complexity index is 1050. The third kappa shape index (κ3) is 4.16. The molecule has 7 nitrogen and oxygen atoms in total. The molecule has 3 heterocycles. The minimum atomic E-state index is 0.141. The quantitative estimate of drug-likeness (QED) is 0.516. The number of likely N-dealkylation sites (N-methyl/N-ethyl adjacent to an activating group) is 1. The number of benzene rings is 1. The van der Waals surface area contributed by atoms with Crippen LogP contribution in [-0.4, -0.2) is 50.4 Å². The number of aliphatic hydroxyl groups excluding tert-OH is 1. The second-order valence-corrected chi connectivity index (χ2v) is 6.58. The van der Waals surface area contributed by atoms with Crippen LogP contribution in [-0.2, 0) is 6.54 Å². The Morgan fingerprint density at radius 3 is 2.79 bits per heavy atom. The van der Waals surface area contributed by atoms with Crippen molar-refractivity contribution < 1.29 is 9.84 Å². The maximum Gasteiger partial charge on any atom is 0.219 e. The molecule has 2 N–H and O–H groups in total. The minimum Gasteiger partial charge on any atom is -0.439 e. The predicted molar refractivity (Wildman–Crippen MR) is 107 cm³/mol. The zero-order valence-corrected chi connectivity index (χ0v) is 15.5. The fourth-order valence-corrected chi connectivity index (χ4v) is 2.96. The molecule has 0 atom stereocenters. The van der Waals surface area contributed by atoms with Crippen LogP contribution in [0.5, 0.6) is 11.6 Å². The van der Waals surface area contributed by atoms with Gasteiger partial charge in [0, 0.05) is 42.5 Å². The number of nitrogens with one attached hydrogen (secondary N) is 1. The Kier molecular flexibility index (Phi) is 5.27. The number of pyridine rings is 2. The summed E-state index contributed by atoms with van der Waals surface area (Å²) in [7, 11) is 1.96. The van der Waals surface area contributed by atoms with Gasteiger partial charge in [-0.3, -0.25) is 15.0 Å². The van der Waals surface area contributed by atoms with Crippen molar-refractivity contribution in [3.8, 4) is 22.9 Å². The van der Waals surface area contributed by atoms with Crippen molar-refractivity contribution in [2.24, 2.45) is 0 Å². The molecular formula is C21H21N5O2. The maximum atomic E-state index is 9.02. The van der Waals surface area contributed by atoms with Gasteiger partial charge < -0.3 is 9.84 Å². The summed E-state index contributed by atoms with van der Waals surface area (Å²) >= 11 is 0. The normalized spacial score (nSPS) is 11.2. The standard InChI is InChI=1S/C21H21N5O2/c1-26(10-11-27)14-17-4-2-15-12-18(5-6-19(15)24-17)28-21-7-3-16(13-22-21)20-8-9-23-25-20/h2-9,12-13,27H,10-11,14H2,1H3,(H,23,25). The molecule has 0 unspecified atom stereocenters. The van der Waals surface area contributed by atoms with Crippen LogP contribution in [0.4, 0.5) is 0 Å². The van der Waals surface area contributed by atoms with E-state index in [-0.39, 0.29) is 6.61 Å². The molecule has 0 fully saturated rings. The number of ether oxygens (including phenoxy) is 1. The molecule has 3 aromatic heterocycles. The van der Waals surface area contributed by atoms with Crippen molar-refractivity contribution in [2.75, 3.05) is 20.2 Å². The highest BCUT2D eigenvalue weighted by molar-refractivity contribution is 5.80. The van der Waals surface area contributed by atoms with Crippen molar-refractivity contribution in [3.05, 3.63) is 66.6 Å². The number of fused-ring (bicyclic) bond motifs is 1. The number of hydrogen-bond donors (Lipinski definition) is 2. The Labute approximate surface area is 162 Å². The van der Waals surface area contributed by atoms with E-state index >= 15 is 0 Å². The molecule has 0 aliphatic carbocycles. The van der Waals surface area contributed by atoms with E-state index in [1.807, 2.05) is 60.5 Å². The molecule has 142 valence electrons. The molecule has 4 rings (SSSR count). The maximum absolute atomic E-state index is 9.02. The lowest BCUT2D eigenvalue weighted by atomic mass is 10.2. The summed E-state index contributed by atoms with van der Waals surface area (Å²) in [5.41, 5.74) is 3.74. The summed E-state index contributed by atoms with van der Waals surface area (Å²) in [4.78, 5) is 11.1. The van der Waals surface area contributed by atoms with Gasteiger partial charge >= 0.3 is 0 Å². The molecule has 28 heavy (non-hydrogen) atoms. The van der Waals surface area contributed by atoms with Gasteiger partial charge in [0.2, 0.25) is 5.88 Å². The van der Waals surface area contributed by atoms with Gasteiger partial charge in [-0.2, -0.15) is 5.10 Å². The lowest BCUT2D eigenvalue weighted by molar-refractivity contribution is 0.216. The van der Waals surface area contributed by atoms with Crippen molar-refractivity contribution in [2.45, 2.75) is 6.54 Å². The van der Waals surface area contributed by atoms with Crippen molar-refractivity contribution >= 4 is 10.9 Å². The molecule has 4 aromatic rings. The predicted octanol–water partition coefficient (Wildman–Crippen LogP) is 3.24. The monoisotopic (exact) mass is 375 g/mol. The highest BCUT2D eigenvalue weighted by Crippen LogP contribution is 2.25. The zero-order chi connectivity index (χ0) is 19.3. The number of H-pyrrole nitrogens is 1. The van der Waals surface area contributed by atoms with Crippen LogP contribution in [0.1, 0.15) is 5.69 Å². The van der Waals surface area contributed by atoms with E-state index in [1.165, 1.54) is 0 Å². The fourth-order valence-electron chi connectivity index (χ4n) is 2.96. The Morgan fingerprint density at radius 1 is 1.11 bits per heavy atom. The Balaban J connectivity index is 1.48. The SMILES string of the molecule is CN(CCO)Cc1ccc2cc(Oc3ccc(-c4ccn[nH]4)cn3)ccc2n1. The van der Waals surface area contributed by atoms with Gasteiger partial charge in [-0.05, 0) is 43.4 Å². The van der Waals surface area contributed by atoms with E-state index in [1.54, 1.807) is 12.4 Å². The van der Waals surface area contributed by atoms with Gasteiger partial charge in [-0.15, -0.1) is 0 Å². The highest BCUT2D eigenvalue weighted by Gasteiger charge is 2.06. The fraction of sp³-hybridized carbons (Fsp3) is 0.190. The minimum absolute atomic E-state index is 0.141. The van der Waals surface area contributed by atoms with Gasteiger partial charge in [0.1, 0.15) is 5.75 Å². The molecule has 0 saturated heterocycles. The highest BCUT2D eigenvalue weighted by atomic mass is 16.5. The first-order valence-corrected chi connectivity index (χ1v) is 9.04. The van der Waals surface area contributed by atoms with Crippen LogP contribution >= 0.6 is 0 Å². The first-order chi connectivity index (χ1) is 13.7. The molecule has 7 heteroatoms. The van der Waals surface area contributed by atoms with E-state index in [0.29, 0.717) is 24.7 Å². The van der Waals surface area contributed by atoms with Crippen LogP contribution in [0.25, 0.3) is 22.2 Å². The van der Waals surface area contributed by atoms with Gasteiger partial charge in [-0.25, -0.2) is 4.98 Å². The lowest BCUT2D eigenvalue weighted by Gasteiger charge is -2.14. The van der Waals surface area contributed by atoms with Gasteiger partial charge in [0.15, 0.2) is 0 Å². The van der Waals surface area contributed by atoms with Crippen LogP contribution in [0.15, 0.2) is 60.9 Å². The average molecular weight is 375 g/mol. The van der Waals surface area contributed by atoms with Gasteiger partial charge in [0.25, 0.3) is 0 Å². The summed E-state index contributed by atoms with van der Waals surface area (Å²) in [5.74, 6) is 1.24. The van der Waals surface area contributed by atoms with Crippen LogP contribution in [0.2, 0.25) is 0 Å². The molecule has 0 amide bonds. The number of hydrogen-bond acceptors (Lipinski definition) is 6. The molecule has 0 bridgehead atoms. The zero-order valence-electron chi connectivity index (χ0n) is 15.5. The number of aliphatic hydroxyl groups is 1. The summed E-state index contributed by atoms with van der Waals surface area (Å²) in [6.07, 6.45) is 3.46. The smallest absolute Gasteiger partial charge is 0.219 e. The van der Waals surface area contributed by atoms with E-state index in [2.05, 4.69) is 20.2 Å². The van der Waals surface area contributed by atoms with E-state index in [4.69, 9.17) is 9.84 Å². The van der Waals surface area contributed by atoms with Crippen LogP contribution in [0.3, 0.4) is 0 Å². The first-order valence-electron chi connectivity index (χ1n) is 9.04. The van der Waals surface area contributed by atoms with Crippen LogP contribution < -0.4 is 4.74 Å². The second kappa shape index (κ2) is 8.16. The molecule has 0 saturated carbocycles. The van der Waals surface area contributed by atoms with E-state index < -0.39 is 0 Å². The van der Waals surface area contributed by atoms with E-state index in [9.17, 15) is 0 Å². The number of nitrogens with zero attached hydrogens (tertiary/aromatic N) is 4. The molecular weight excluding hydrogens is 354 g/mol. The van der Waals surface area contributed by atoms with E-state index in [0.717, 1.165) is 27.9 Å². The third-order valence-corrected chi connectivity index (χ3v) is 4.40. The molecule has 0 aliphatic rings. The molecule has 1 aromatic carbocycles. The topological polar surface area (TPSA) is 87.2 Å². The summed E-state index contributed by atoms with van der Waals surface area (Å²) in [6, 6.07) is 15.5. The molecule has 0 aliphatic heterocycles. The van der Waals surface area contributed by atoms with Crippen molar-refractivity contribution in [1.29, 1.82) is 0 Å². The van der Waals surface area contributed by atoms with Crippen molar-refractivity contribution in [1.82, 2.24) is 25.1 Å². The Morgan fingerprint density at radius 2 is 2.04 bits per heavy atom. The summed E-state index contributed by atoms with van der Waals surface area (Å²) < 4.78 is 5.88. The van der Waals surface area contributed by atoms with Crippen molar-refractivity contribution in [3.63, 3.8) is 0 Å². The second-order valence-electron chi connectivity index (χ2n) is 6.58. The van der Waals surface area contributed by atoms with Gasteiger partial charge in [0.05, 0.1) is 23.5 Å². The third-order valence-electron chi connectivity index (χ3n) is 4.40. The Hall–Kier alpha value is -3.29. The largest absolute Gasteiger partial charge is 0.439 e.